The lowest BCUT2D eigenvalue weighted by Gasteiger charge is -2.32. The summed E-state index contributed by atoms with van der Waals surface area (Å²) in [5.41, 5.74) is 1.46. The molecule has 0 unspecified atom stereocenters. The minimum Gasteiger partial charge on any atom is -0.472 e. The number of hydrogen-bond acceptors (Lipinski definition) is 6. The summed E-state index contributed by atoms with van der Waals surface area (Å²) >= 11 is 0. The Kier molecular flexibility index (Phi) is 4.79. The molecule has 1 amide bonds. The number of likely N-dealkylation sites (tertiary alicyclic amines) is 1. The Balaban J connectivity index is 1.33. The number of carbonyl (C=O) groups is 1. The number of carbonyl (C=O) groups excluding carboxylic acids is 1. The molecule has 7 nitrogen and oxygen atoms in total. The van der Waals surface area contributed by atoms with Crippen LogP contribution in [0.4, 0.5) is 0 Å². The molecule has 134 valence electrons. The number of nitrogens with zero attached hydrogens (tertiary/aromatic N) is 3. The maximum atomic E-state index is 12.4. The molecule has 1 aliphatic rings. The molecule has 1 atom stereocenters. The SMILES string of the molecule is O=C(c1ccoc1)N1CCC[C@H](OCc2nc(-c3ccccc3)no2)C1. The van der Waals surface area contributed by atoms with E-state index in [1.165, 1.54) is 12.5 Å². The Morgan fingerprint density at radius 2 is 2.15 bits per heavy atom. The van der Waals surface area contributed by atoms with Crippen LogP contribution in [0.2, 0.25) is 0 Å². The van der Waals surface area contributed by atoms with Gasteiger partial charge in [0, 0.05) is 18.7 Å². The number of furan rings is 1. The Morgan fingerprint density at radius 3 is 2.96 bits per heavy atom. The fourth-order valence-corrected chi connectivity index (χ4v) is 3.03. The monoisotopic (exact) mass is 353 g/mol. The molecule has 0 N–H and O–H groups in total. The van der Waals surface area contributed by atoms with E-state index in [1.54, 1.807) is 11.0 Å². The fraction of sp³-hybridized carbons (Fsp3) is 0.316. The van der Waals surface area contributed by atoms with Crippen LogP contribution in [0.25, 0.3) is 11.4 Å². The van der Waals surface area contributed by atoms with Crippen LogP contribution < -0.4 is 0 Å². The Bertz CT molecular complexity index is 845. The van der Waals surface area contributed by atoms with Crippen LogP contribution in [0.1, 0.15) is 29.1 Å². The minimum absolute atomic E-state index is 0.0313. The van der Waals surface area contributed by atoms with Crippen molar-refractivity contribution >= 4 is 5.91 Å². The predicted octanol–water partition coefficient (Wildman–Crippen LogP) is 3.15. The number of hydrogen-bond donors (Lipinski definition) is 0. The van der Waals surface area contributed by atoms with Crippen molar-refractivity contribution < 1.29 is 18.5 Å². The molecule has 1 saturated heterocycles. The van der Waals surface area contributed by atoms with Crippen LogP contribution >= 0.6 is 0 Å². The molecule has 1 fully saturated rings. The van der Waals surface area contributed by atoms with Crippen molar-refractivity contribution in [1.29, 1.82) is 0 Å². The molecule has 4 rings (SSSR count). The summed E-state index contributed by atoms with van der Waals surface area (Å²) in [7, 11) is 0. The van der Waals surface area contributed by atoms with Gasteiger partial charge in [0.25, 0.3) is 11.8 Å². The van der Waals surface area contributed by atoms with E-state index in [4.69, 9.17) is 13.7 Å². The third-order valence-electron chi connectivity index (χ3n) is 4.38. The van der Waals surface area contributed by atoms with E-state index in [2.05, 4.69) is 10.1 Å². The molecule has 0 bridgehead atoms. The highest BCUT2D eigenvalue weighted by Gasteiger charge is 2.26. The van der Waals surface area contributed by atoms with Crippen molar-refractivity contribution in [2.75, 3.05) is 13.1 Å². The van der Waals surface area contributed by atoms with Crippen molar-refractivity contribution in [2.45, 2.75) is 25.6 Å². The molecule has 0 spiro atoms. The fourth-order valence-electron chi connectivity index (χ4n) is 3.03. The van der Waals surface area contributed by atoms with Gasteiger partial charge in [-0.2, -0.15) is 4.98 Å². The molecule has 2 aromatic heterocycles. The number of piperidine rings is 1. The van der Waals surface area contributed by atoms with Gasteiger partial charge in [0.05, 0.1) is 17.9 Å². The molecular formula is C19H19N3O4. The first-order chi connectivity index (χ1) is 12.8. The van der Waals surface area contributed by atoms with Crippen molar-refractivity contribution in [3.05, 3.63) is 60.4 Å². The molecule has 26 heavy (non-hydrogen) atoms. The quantitative estimate of drug-likeness (QED) is 0.701. The first-order valence-corrected chi connectivity index (χ1v) is 8.60. The van der Waals surface area contributed by atoms with Crippen molar-refractivity contribution in [3.8, 4) is 11.4 Å². The summed E-state index contributed by atoms with van der Waals surface area (Å²) in [5.74, 6) is 0.947. The second-order valence-corrected chi connectivity index (χ2v) is 6.22. The zero-order chi connectivity index (χ0) is 17.8. The summed E-state index contributed by atoms with van der Waals surface area (Å²) in [5, 5.41) is 3.99. The highest BCUT2D eigenvalue weighted by molar-refractivity contribution is 5.93. The molecular weight excluding hydrogens is 334 g/mol. The van der Waals surface area contributed by atoms with E-state index in [0.717, 1.165) is 24.9 Å². The van der Waals surface area contributed by atoms with Crippen molar-refractivity contribution in [1.82, 2.24) is 15.0 Å². The van der Waals surface area contributed by atoms with Crippen LogP contribution in [0, 0.1) is 0 Å². The van der Waals surface area contributed by atoms with Gasteiger partial charge in [0.2, 0.25) is 5.82 Å². The van der Waals surface area contributed by atoms with Gasteiger partial charge >= 0.3 is 0 Å². The van der Waals surface area contributed by atoms with E-state index in [0.29, 0.717) is 23.8 Å². The molecule has 0 saturated carbocycles. The summed E-state index contributed by atoms with van der Waals surface area (Å²) in [6.07, 6.45) is 4.72. The lowest BCUT2D eigenvalue weighted by atomic mass is 10.1. The zero-order valence-electron chi connectivity index (χ0n) is 14.2. The van der Waals surface area contributed by atoms with Crippen LogP contribution in [0.15, 0.2) is 57.9 Å². The van der Waals surface area contributed by atoms with Crippen molar-refractivity contribution in [3.63, 3.8) is 0 Å². The normalized spacial score (nSPS) is 17.4. The molecule has 1 aliphatic heterocycles. The average molecular weight is 353 g/mol. The molecule has 7 heteroatoms. The number of benzene rings is 1. The van der Waals surface area contributed by atoms with Gasteiger partial charge in [0.1, 0.15) is 12.9 Å². The topological polar surface area (TPSA) is 81.6 Å². The summed E-state index contributed by atoms with van der Waals surface area (Å²) in [6, 6.07) is 11.3. The number of ether oxygens (including phenoxy) is 1. The van der Waals surface area contributed by atoms with E-state index < -0.39 is 0 Å². The van der Waals surface area contributed by atoms with E-state index in [9.17, 15) is 4.79 Å². The van der Waals surface area contributed by atoms with Gasteiger partial charge < -0.3 is 18.6 Å². The Morgan fingerprint density at radius 1 is 1.27 bits per heavy atom. The van der Waals surface area contributed by atoms with Gasteiger partial charge in [0.15, 0.2) is 0 Å². The summed E-state index contributed by atoms with van der Waals surface area (Å²) in [6.45, 7) is 1.50. The number of aromatic nitrogens is 2. The first-order valence-electron chi connectivity index (χ1n) is 8.60. The molecule has 3 aromatic rings. The third kappa shape index (κ3) is 3.67. The highest BCUT2D eigenvalue weighted by Crippen LogP contribution is 2.19. The maximum Gasteiger partial charge on any atom is 0.257 e. The van der Waals surface area contributed by atoms with Crippen LogP contribution in [-0.4, -0.2) is 40.1 Å². The Hall–Kier alpha value is -2.93. The van der Waals surface area contributed by atoms with Gasteiger partial charge in [-0.25, -0.2) is 0 Å². The second-order valence-electron chi connectivity index (χ2n) is 6.22. The first kappa shape index (κ1) is 16.5. The van der Waals surface area contributed by atoms with Crippen LogP contribution in [0.5, 0.6) is 0 Å². The van der Waals surface area contributed by atoms with Crippen molar-refractivity contribution in [2.24, 2.45) is 0 Å². The van der Waals surface area contributed by atoms with Gasteiger partial charge in [-0.3, -0.25) is 4.79 Å². The van der Waals surface area contributed by atoms with Gasteiger partial charge in [-0.05, 0) is 18.9 Å². The second kappa shape index (κ2) is 7.53. The standard InChI is InChI=1S/C19H19N3O4/c23-19(15-8-10-24-12-15)22-9-4-7-16(11-22)25-13-17-20-18(21-26-17)14-5-2-1-3-6-14/h1-3,5-6,8,10,12,16H,4,7,9,11,13H2/t16-/m0/s1. The van der Waals surface area contributed by atoms with Gasteiger partial charge in [-0.1, -0.05) is 35.5 Å². The third-order valence-corrected chi connectivity index (χ3v) is 4.38. The maximum absolute atomic E-state index is 12.4. The van der Waals surface area contributed by atoms with Crippen LogP contribution in [-0.2, 0) is 11.3 Å². The largest absolute Gasteiger partial charge is 0.472 e. The lowest BCUT2D eigenvalue weighted by molar-refractivity contribution is -0.0153. The Labute approximate surface area is 150 Å². The molecule has 1 aromatic carbocycles. The summed E-state index contributed by atoms with van der Waals surface area (Å²) in [4.78, 5) is 18.6. The van der Waals surface area contributed by atoms with E-state index >= 15 is 0 Å². The molecule has 0 radical (unpaired) electrons. The summed E-state index contributed by atoms with van der Waals surface area (Å²) < 4.78 is 16.2. The molecule has 3 heterocycles. The number of rotatable bonds is 5. The minimum atomic E-state index is -0.0494. The smallest absolute Gasteiger partial charge is 0.257 e. The van der Waals surface area contributed by atoms with Crippen LogP contribution in [0.3, 0.4) is 0 Å². The average Bonchev–Trinajstić information content (AvgIpc) is 3.39. The highest BCUT2D eigenvalue weighted by atomic mass is 16.5. The van der Waals surface area contributed by atoms with E-state index in [1.807, 2.05) is 30.3 Å². The van der Waals surface area contributed by atoms with Gasteiger partial charge in [-0.15, -0.1) is 0 Å². The molecule has 0 aliphatic carbocycles. The lowest BCUT2D eigenvalue weighted by Crippen LogP contribution is -2.43. The predicted molar refractivity (Wildman–Crippen MR) is 92.2 cm³/mol. The number of amides is 1. The van der Waals surface area contributed by atoms with E-state index in [-0.39, 0.29) is 18.6 Å². The zero-order valence-corrected chi connectivity index (χ0v) is 14.2.